The lowest BCUT2D eigenvalue weighted by Crippen LogP contribution is -2.02. The number of H-pyrrole nitrogens is 1. The highest BCUT2D eigenvalue weighted by Crippen LogP contribution is 2.23. The van der Waals surface area contributed by atoms with E-state index in [-0.39, 0.29) is 0 Å². The lowest BCUT2D eigenvalue weighted by atomic mass is 10.1. The summed E-state index contributed by atoms with van der Waals surface area (Å²) in [7, 11) is 1.92. The molecule has 0 atom stereocenters. The second kappa shape index (κ2) is 6.06. The van der Waals surface area contributed by atoms with E-state index >= 15 is 0 Å². The number of aromatic amines is 1. The van der Waals surface area contributed by atoms with Gasteiger partial charge < -0.3 is 9.72 Å². The van der Waals surface area contributed by atoms with Crippen LogP contribution in [0.4, 0.5) is 0 Å². The maximum atomic E-state index is 5.94. The second-order valence-corrected chi connectivity index (χ2v) is 6.10. The van der Waals surface area contributed by atoms with Crippen molar-refractivity contribution >= 4 is 22.5 Å². The number of aryl methyl sites for hydroxylation is 1. The first-order chi connectivity index (χ1) is 11.7. The lowest BCUT2D eigenvalue weighted by molar-refractivity contribution is 0.295. The molecule has 0 aliphatic carbocycles. The van der Waals surface area contributed by atoms with Crippen molar-refractivity contribution in [3.63, 3.8) is 0 Å². The molecule has 4 nitrogen and oxygen atoms in total. The molecule has 120 valence electrons. The Morgan fingerprint density at radius 3 is 2.75 bits per heavy atom. The van der Waals surface area contributed by atoms with Crippen LogP contribution in [0.15, 0.2) is 60.8 Å². The summed E-state index contributed by atoms with van der Waals surface area (Å²) < 4.78 is 7.76. The Hall–Kier alpha value is -2.72. The Kier molecular flexibility index (Phi) is 3.75. The Balaban J connectivity index is 1.53. The standard InChI is InChI=1S/C19H16ClN3O/c1-23-16(10-19(22-23)13-2-5-15(20)6-3-13)12-24-17-7-4-14-8-9-21-18(14)11-17/h2-11,21H,12H2,1H3. The molecule has 0 saturated carbocycles. The number of nitrogens with one attached hydrogen (secondary N) is 1. The number of hydrogen-bond acceptors (Lipinski definition) is 2. The molecule has 0 saturated heterocycles. The highest BCUT2D eigenvalue weighted by molar-refractivity contribution is 6.30. The van der Waals surface area contributed by atoms with Gasteiger partial charge in [0.2, 0.25) is 0 Å². The van der Waals surface area contributed by atoms with Crippen molar-refractivity contribution in [1.82, 2.24) is 14.8 Å². The fourth-order valence-electron chi connectivity index (χ4n) is 2.68. The molecule has 2 aromatic heterocycles. The van der Waals surface area contributed by atoms with E-state index < -0.39 is 0 Å². The molecule has 0 amide bonds. The zero-order chi connectivity index (χ0) is 16.5. The Bertz CT molecular complexity index is 985. The maximum Gasteiger partial charge on any atom is 0.130 e. The van der Waals surface area contributed by atoms with Crippen molar-refractivity contribution in [2.75, 3.05) is 0 Å². The Labute approximate surface area is 144 Å². The number of benzene rings is 2. The van der Waals surface area contributed by atoms with E-state index in [2.05, 4.69) is 10.1 Å². The molecule has 0 aliphatic rings. The molecule has 0 bridgehead atoms. The van der Waals surface area contributed by atoms with Gasteiger partial charge in [0.15, 0.2) is 0 Å². The lowest BCUT2D eigenvalue weighted by Gasteiger charge is -2.06. The van der Waals surface area contributed by atoms with Crippen LogP contribution in [0.2, 0.25) is 5.02 Å². The summed E-state index contributed by atoms with van der Waals surface area (Å²) in [6.45, 7) is 0.462. The average Bonchev–Trinajstić information content (AvgIpc) is 3.19. The van der Waals surface area contributed by atoms with Crippen molar-refractivity contribution in [2.45, 2.75) is 6.61 Å². The normalized spacial score (nSPS) is 11.1. The molecule has 0 spiro atoms. The molecule has 0 radical (unpaired) electrons. The van der Waals surface area contributed by atoms with Gasteiger partial charge in [0, 0.05) is 35.4 Å². The first-order valence-corrected chi connectivity index (χ1v) is 8.06. The summed E-state index contributed by atoms with van der Waals surface area (Å²) in [6.07, 6.45) is 1.92. The Morgan fingerprint density at radius 2 is 1.92 bits per heavy atom. The minimum atomic E-state index is 0.462. The van der Waals surface area contributed by atoms with Crippen molar-refractivity contribution in [2.24, 2.45) is 7.05 Å². The highest BCUT2D eigenvalue weighted by Gasteiger charge is 2.08. The minimum absolute atomic E-state index is 0.462. The van der Waals surface area contributed by atoms with E-state index in [1.807, 2.05) is 72.5 Å². The van der Waals surface area contributed by atoms with Crippen LogP contribution in [-0.2, 0) is 13.7 Å². The molecule has 0 unspecified atom stereocenters. The topological polar surface area (TPSA) is 42.8 Å². The molecule has 0 fully saturated rings. The first kappa shape index (κ1) is 14.8. The van der Waals surface area contributed by atoms with Gasteiger partial charge in [-0.05, 0) is 41.8 Å². The number of halogens is 1. The molecule has 24 heavy (non-hydrogen) atoms. The van der Waals surface area contributed by atoms with Gasteiger partial charge in [-0.25, -0.2) is 0 Å². The first-order valence-electron chi connectivity index (χ1n) is 7.68. The predicted molar refractivity (Wildman–Crippen MR) is 96.3 cm³/mol. The fourth-order valence-corrected chi connectivity index (χ4v) is 2.80. The average molecular weight is 338 g/mol. The zero-order valence-electron chi connectivity index (χ0n) is 13.2. The van der Waals surface area contributed by atoms with Crippen molar-refractivity contribution in [3.8, 4) is 17.0 Å². The van der Waals surface area contributed by atoms with E-state index in [0.717, 1.165) is 33.2 Å². The van der Waals surface area contributed by atoms with Crippen LogP contribution < -0.4 is 4.74 Å². The number of ether oxygens (including phenoxy) is 1. The zero-order valence-corrected chi connectivity index (χ0v) is 13.9. The third kappa shape index (κ3) is 2.88. The molecule has 4 rings (SSSR count). The fraction of sp³-hybridized carbons (Fsp3) is 0.105. The molecular weight excluding hydrogens is 322 g/mol. The van der Waals surface area contributed by atoms with Gasteiger partial charge in [-0.1, -0.05) is 23.7 Å². The molecule has 5 heteroatoms. The summed E-state index contributed by atoms with van der Waals surface area (Å²) in [6, 6.07) is 17.8. The molecule has 0 aliphatic heterocycles. The van der Waals surface area contributed by atoms with Gasteiger partial charge in [-0.15, -0.1) is 0 Å². The van der Waals surface area contributed by atoms with Gasteiger partial charge >= 0.3 is 0 Å². The summed E-state index contributed by atoms with van der Waals surface area (Å²) in [5, 5.41) is 6.45. The summed E-state index contributed by atoms with van der Waals surface area (Å²) in [5.41, 5.74) is 4.02. The van der Waals surface area contributed by atoms with Gasteiger partial charge in [0.1, 0.15) is 12.4 Å². The van der Waals surface area contributed by atoms with Crippen LogP contribution in [0.25, 0.3) is 22.2 Å². The summed E-state index contributed by atoms with van der Waals surface area (Å²) in [4.78, 5) is 3.19. The third-order valence-electron chi connectivity index (χ3n) is 4.03. The predicted octanol–water partition coefficient (Wildman–Crippen LogP) is 4.80. The van der Waals surface area contributed by atoms with Crippen molar-refractivity contribution in [3.05, 3.63) is 71.5 Å². The highest BCUT2D eigenvalue weighted by atomic mass is 35.5. The maximum absolute atomic E-state index is 5.94. The summed E-state index contributed by atoms with van der Waals surface area (Å²) >= 11 is 5.94. The SMILES string of the molecule is Cn1nc(-c2ccc(Cl)cc2)cc1COc1ccc2cc[nH]c2c1. The van der Waals surface area contributed by atoms with Gasteiger partial charge in [-0.3, -0.25) is 4.68 Å². The number of nitrogens with zero attached hydrogens (tertiary/aromatic N) is 2. The van der Waals surface area contributed by atoms with Crippen molar-refractivity contribution in [1.29, 1.82) is 0 Å². The minimum Gasteiger partial charge on any atom is -0.487 e. The third-order valence-corrected chi connectivity index (χ3v) is 4.28. The number of fused-ring (bicyclic) bond motifs is 1. The quantitative estimate of drug-likeness (QED) is 0.581. The van der Waals surface area contributed by atoms with Crippen molar-refractivity contribution < 1.29 is 4.74 Å². The van der Waals surface area contributed by atoms with Gasteiger partial charge in [-0.2, -0.15) is 5.10 Å². The van der Waals surface area contributed by atoms with Gasteiger partial charge in [0.05, 0.1) is 11.4 Å². The second-order valence-electron chi connectivity index (χ2n) is 5.67. The van der Waals surface area contributed by atoms with E-state index in [0.29, 0.717) is 6.61 Å². The largest absolute Gasteiger partial charge is 0.487 e. The smallest absolute Gasteiger partial charge is 0.130 e. The Morgan fingerprint density at radius 1 is 1.08 bits per heavy atom. The van der Waals surface area contributed by atoms with E-state index in [4.69, 9.17) is 16.3 Å². The van der Waals surface area contributed by atoms with Crippen LogP contribution >= 0.6 is 11.6 Å². The van der Waals surface area contributed by atoms with E-state index in [9.17, 15) is 0 Å². The van der Waals surface area contributed by atoms with E-state index in [1.165, 1.54) is 5.39 Å². The molecule has 2 heterocycles. The van der Waals surface area contributed by atoms with Crippen LogP contribution in [-0.4, -0.2) is 14.8 Å². The van der Waals surface area contributed by atoms with Gasteiger partial charge in [0.25, 0.3) is 0 Å². The summed E-state index contributed by atoms with van der Waals surface area (Å²) in [5.74, 6) is 0.833. The van der Waals surface area contributed by atoms with Crippen LogP contribution in [0, 0.1) is 0 Å². The number of hydrogen-bond donors (Lipinski definition) is 1. The van der Waals surface area contributed by atoms with Crippen LogP contribution in [0.1, 0.15) is 5.69 Å². The molecule has 2 aromatic carbocycles. The monoisotopic (exact) mass is 337 g/mol. The van der Waals surface area contributed by atoms with Crippen LogP contribution in [0.3, 0.4) is 0 Å². The molecule has 1 N–H and O–H groups in total. The molecule has 4 aromatic rings. The van der Waals surface area contributed by atoms with E-state index in [1.54, 1.807) is 0 Å². The van der Waals surface area contributed by atoms with Crippen LogP contribution in [0.5, 0.6) is 5.75 Å². The molecular formula is C19H16ClN3O. The number of aromatic nitrogens is 3. The number of rotatable bonds is 4.